The molecule has 0 amide bonds. The molecule has 1 atom stereocenters. The third-order valence-corrected chi connectivity index (χ3v) is 6.07. The maximum atomic E-state index is 14.2. The Kier molecular flexibility index (Phi) is 5.16. The van der Waals surface area contributed by atoms with Gasteiger partial charge in [-0.1, -0.05) is 28.4 Å². The van der Waals surface area contributed by atoms with Crippen LogP contribution >= 0.6 is 34.5 Å². The Bertz CT molecular complexity index is 1180. The number of oxime groups is 1. The van der Waals surface area contributed by atoms with Gasteiger partial charge in [-0.15, -0.1) is 11.3 Å². The number of esters is 1. The molecule has 0 saturated heterocycles. The summed E-state index contributed by atoms with van der Waals surface area (Å²) in [5.41, 5.74) is -2.63. The number of benzene rings is 1. The molecule has 3 aromatic rings. The van der Waals surface area contributed by atoms with Gasteiger partial charge in [-0.2, -0.15) is 13.2 Å². The third-order valence-electron chi connectivity index (χ3n) is 4.68. The number of methoxy groups -OCH3 is 1. The molecule has 2 aromatic heterocycles. The van der Waals surface area contributed by atoms with Gasteiger partial charge in [0.15, 0.2) is 0 Å². The van der Waals surface area contributed by atoms with Crippen molar-refractivity contribution in [3.05, 3.63) is 62.7 Å². The number of nitrogens with zero attached hydrogens (tertiary/aromatic N) is 2. The molecule has 5 nitrogen and oxygen atoms in total. The van der Waals surface area contributed by atoms with Gasteiger partial charge in [-0.05, 0) is 29.6 Å². The summed E-state index contributed by atoms with van der Waals surface area (Å²) in [5, 5.41) is 5.98. The number of carbonyl (C=O) groups is 1. The average Bonchev–Trinajstić information content (AvgIpc) is 3.33. The fourth-order valence-corrected chi connectivity index (χ4v) is 4.69. The minimum atomic E-state index is -4.81. The van der Waals surface area contributed by atoms with E-state index in [2.05, 4.69) is 10.1 Å². The van der Waals surface area contributed by atoms with Crippen molar-refractivity contribution in [3.8, 4) is 0 Å². The number of aromatic nitrogens is 1. The Morgan fingerprint density at radius 3 is 2.60 bits per heavy atom. The Balaban J connectivity index is 1.80. The minimum Gasteiger partial charge on any atom is -0.465 e. The van der Waals surface area contributed by atoms with Crippen LogP contribution in [0.3, 0.4) is 0 Å². The lowest BCUT2D eigenvalue weighted by Gasteiger charge is -2.29. The first kappa shape index (κ1) is 20.9. The summed E-state index contributed by atoms with van der Waals surface area (Å²) in [5.74, 6) is -0.593. The number of halogens is 5. The van der Waals surface area contributed by atoms with E-state index in [0.717, 1.165) is 12.1 Å². The zero-order valence-corrected chi connectivity index (χ0v) is 17.4. The molecule has 1 aliphatic heterocycles. The second kappa shape index (κ2) is 7.40. The van der Waals surface area contributed by atoms with Crippen LogP contribution in [0.15, 0.2) is 41.0 Å². The van der Waals surface area contributed by atoms with Crippen LogP contribution < -0.4 is 0 Å². The zero-order chi connectivity index (χ0) is 21.7. The number of thiophene rings is 1. The fourth-order valence-electron chi connectivity index (χ4n) is 3.26. The molecular weight excluding hydrogens is 464 g/mol. The van der Waals surface area contributed by atoms with E-state index in [1.165, 1.54) is 30.7 Å². The number of hydrogen-bond acceptors (Lipinski definition) is 6. The standard InChI is InChI=1S/C19H11Cl2F3N2O3S/c1-28-17(27)13-8-25-15(12-2-3-30-16(12)13)14-7-18(29-26-14,19(22,23)24)9-4-10(20)6-11(21)5-9/h2-6,8H,7H2,1H3. The summed E-state index contributed by atoms with van der Waals surface area (Å²) in [6, 6.07) is 5.28. The minimum absolute atomic E-state index is 0.0109. The Morgan fingerprint density at radius 2 is 1.97 bits per heavy atom. The van der Waals surface area contributed by atoms with E-state index in [9.17, 15) is 18.0 Å². The molecule has 1 aromatic carbocycles. The van der Waals surface area contributed by atoms with Gasteiger partial charge in [-0.25, -0.2) is 4.79 Å². The topological polar surface area (TPSA) is 60.8 Å². The molecular formula is C19H11Cl2F3N2O3S. The number of fused-ring (bicyclic) bond motifs is 1. The molecule has 0 saturated carbocycles. The van der Waals surface area contributed by atoms with Crippen molar-refractivity contribution >= 4 is 56.3 Å². The molecule has 0 spiro atoms. The van der Waals surface area contributed by atoms with Crippen molar-refractivity contribution in [1.29, 1.82) is 0 Å². The predicted octanol–water partition coefficient (Wildman–Crippen LogP) is 5.97. The Labute approximate surface area is 182 Å². The highest BCUT2D eigenvalue weighted by Crippen LogP contribution is 2.50. The summed E-state index contributed by atoms with van der Waals surface area (Å²) >= 11 is 13.1. The van der Waals surface area contributed by atoms with Crippen LogP contribution in [0.4, 0.5) is 13.2 Å². The number of carbonyl (C=O) groups excluding carboxylic acids is 1. The summed E-state index contributed by atoms with van der Waals surface area (Å²) in [6.45, 7) is 0. The molecule has 0 N–H and O–H groups in total. The van der Waals surface area contributed by atoms with Gasteiger partial charge in [0.2, 0.25) is 0 Å². The number of alkyl halides is 3. The highest BCUT2D eigenvalue weighted by molar-refractivity contribution is 7.17. The SMILES string of the molecule is COC(=O)c1cnc(C2=NOC(c3cc(Cl)cc(Cl)c3)(C(F)(F)F)C2)c2ccsc12. The van der Waals surface area contributed by atoms with Crippen LogP contribution in [-0.2, 0) is 15.2 Å². The van der Waals surface area contributed by atoms with Crippen molar-refractivity contribution in [1.82, 2.24) is 4.98 Å². The second-order valence-electron chi connectivity index (χ2n) is 6.46. The van der Waals surface area contributed by atoms with E-state index in [1.807, 2.05) is 0 Å². The second-order valence-corrected chi connectivity index (χ2v) is 8.25. The van der Waals surface area contributed by atoms with Crippen molar-refractivity contribution in [2.45, 2.75) is 18.2 Å². The molecule has 0 bridgehead atoms. The van der Waals surface area contributed by atoms with E-state index in [0.29, 0.717) is 10.1 Å². The highest BCUT2D eigenvalue weighted by Gasteiger charge is 2.62. The normalized spacial score (nSPS) is 18.9. The van der Waals surface area contributed by atoms with Crippen LogP contribution in [0.1, 0.15) is 28.0 Å². The number of pyridine rings is 1. The Morgan fingerprint density at radius 1 is 1.27 bits per heavy atom. The summed E-state index contributed by atoms with van der Waals surface area (Å²) < 4.78 is 47.7. The zero-order valence-electron chi connectivity index (χ0n) is 15.1. The lowest BCUT2D eigenvalue weighted by molar-refractivity contribution is -0.275. The van der Waals surface area contributed by atoms with Gasteiger partial charge in [-0.3, -0.25) is 4.98 Å². The van der Waals surface area contributed by atoms with Gasteiger partial charge in [0, 0.05) is 27.2 Å². The first-order chi connectivity index (χ1) is 14.2. The van der Waals surface area contributed by atoms with Gasteiger partial charge >= 0.3 is 12.1 Å². The largest absolute Gasteiger partial charge is 0.465 e. The maximum absolute atomic E-state index is 14.2. The molecule has 1 aliphatic rings. The quantitative estimate of drug-likeness (QED) is 0.438. The van der Waals surface area contributed by atoms with Gasteiger partial charge < -0.3 is 9.57 Å². The van der Waals surface area contributed by atoms with Crippen LogP contribution in [0.2, 0.25) is 10.0 Å². The molecule has 3 heterocycles. The lowest BCUT2D eigenvalue weighted by Crippen LogP contribution is -2.42. The monoisotopic (exact) mass is 474 g/mol. The van der Waals surface area contributed by atoms with E-state index < -0.39 is 24.2 Å². The summed E-state index contributed by atoms with van der Waals surface area (Å²) in [4.78, 5) is 21.1. The molecule has 1 unspecified atom stereocenters. The molecule has 30 heavy (non-hydrogen) atoms. The number of hydrogen-bond donors (Lipinski definition) is 0. The summed E-state index contributed by atoms with van der Waals surface area (Å²) in [6.07, 6.45) is -4.19. The van der Waals surface area contributed by atoms with E-state index in [-0.39, 0.29) is 32.6 Å². The van der Waals surface area contributed by atoms with Gasteiger partial charge in [0.1, 0.15) is 5.71 Å². The first-order valence-electron chi connectivity index (χ1n) is 8.39. The molecule has 11 heteroatoms. The van der Waals surface area contributed by atoms with Crippen molar-refractivity contribution in [2.75, 3.05) is 7.11 Å². The predicted molar refractivity (Wildman–Crippen MR) is 107 cm³/mol. The van der Waals surface area contributed by atoms with Gasteiger partial charge in [0.25, 0.3) is 5.60 Å². The van der Waals surface area contributed by atoms with Crippen LogP contribution in [0, 0.1) is 0 Å². The molecule has 4 rings (SSSR count). The fraction of sp³-hybridized carbons (Fsp3) is 0.211. The third kappa shape index (κ3) is 3.30. The lowest BCUT2D eigenvalue weighted by atomic mass is 9.87. The van der Waals surface area contributed by atoms with Crippen molar-refractivity contribution < 1.29 is 27.5 Å². The summed E-state index contributed by atoms with van der Waals surface area (Å²) in [7, 11) is 1.23. The number of rotatable bonds is 3. The molecule has 0 aliphatic carbocycles. The smallest absolute Gasteiger partial charge is 0.435 e. The molecule has 0 fully saturated rings. The van der Waals surface area contributed by atoms with Crippen LogP contribution in [0.5, 0.6) is 0 Å². The highest BCUT2D eigenvalue weighted by atomic mass is 35.5. The van der Waals surface area contributed by atoms with Crippen LogP contribution in [0.25, 0.3) is 10.1 Å². The number of ether oxygens (including phenoxy) is 1. The van der Waals surface area contributed by atoms with E-state index in [1.54, 1.807) is 11.4 Å². The van der Waals surface area contributed by atoms with E-state index in [4.69, 9.17) is 32.8 Å². The van der Waals surface area contributed by atoms with Crippen molar-refractivity contribution in [3.63, 3.8) is 0 Å². The van der Waals surface area contributed by atoms with Crippen LogP contribution in [-0.4, -0.2) is 30.0 Å². The van der Waals surface area contributed by atoms with Crippen molar-refractivity contribution in [2.24, 2.45) is 5.16 Å². The van der Waals surface area contributed by atoms with Gasteiger partial charge in [0.05, 0.1) is 29.5 Å². The first-order valence-corrected chi connectivity index (χ1v) is 10.0. The molecule has 156 valence electrons. The van der Waals surface area contributed by atoms with E-state index >= 15 is 0 Å². The average molecular weight is 475 g/mol. The maximum Gasteiger partial charge on any atom is 0.435 e. The Hall–Kier alpha value is -2.36. The molecule has 0 radical (unpaired) electrons.